The molecule has 0 N–H and O–H groups in total. The summed E-state index contributed by atoms with van der Waals surface area (Å²) in [6.45, 7) is 2.18. The summed E-state index contributed by atoms with van der Waals surface area (Å²) in [6.07, 6.45) is 5.75. The van der Waals surface area contributed by atoms with E-state index in [9.17, 15) is 0 Å². The molecule has 1 aliphatic heterocycles. The quantitative estimate of drug-likeness (QED) is 0.740. The van der Waals surface area contributed by atoms with Crippen LogP contribution in [0.15, 0.2) is 30.3 Å². The molecule has 1 aromatic carbocycles. The van der Waals surface area contributed by atoms with Crippen LogP contribution in [-0.2, 0) is 11.2 Å². The first-order valence-corrected chi connectivity index (χ1v) is 7.65. The Hall–Kier alpha value is -0.340. The van der Waals surface area contributed by atoms with Crippen LogP contribution in [0.3, 0.4) is 0 Å². The monoisotopic (exact) mass is 296 g/mol. The van der Waals surface area contributed by atoms with Gasteiger partial charge in [0.15, 0.2) is 0 Å². The molecule has 0 aromatic heterocycles. The van der Waals surface area contributed by atoms with Gasteiger partial charge in [-0.05, 0) is 44.1 Å². The predicted octanol–water partition coefficient (Wildman–Crippen LogP) is 4.20. The lowest BCUT2D eigenvalue weighted by atomic mass is 9.94. The van der Waals surface area contributed by atoms with Crippen LogP contribution in [0.4, 0.5) is 0 Å². The lowest BCUT2D eigenvalue weighted by Crippen LogP contribution is -2.17. The van der Waals surface area contributed by atoms with Crippen molar-refractivity contribution >= 4 is 15.9 Å². The van der Waals surface area contributed by atoms with Crippen LogP contribution in [-0.4, -0.2) is 17.5 Å². The molecule has 0 bridgehead atoms. The van der Waals surface area contributed by atoms with E-state index in [2.05, 4.69) is 53.2 Å². The molecule has 0 spiro atoms. The van der Waals surface area contributed by atoms with Gasteiger partial charge in [0.25, 0.3) is 0 Å². The summed E-state index contributed by atoms with van der Waals surface area (Å²) in [5.41, 5.74) is 1.43. The lowest BCUT2D eigenvalue weighted by molar-refractivity contribution is 0.0428. The Labute approximate surface area is 113 Å². The van der Waals surface area contributed by atoms with Gasteiger partial charge in [0.2, 0.25) is 0 Å². The number of halogens is 1. The third-order valence-electron chi connectivity index (χ3n) is 3.50. The Balaban J connectivity index is 1.85. The van der Waals surface area contributed by atoms with Crippen molar-refractivity contribution in [2.45, 2.75) is 44.8 Å². The van der Waals surface area contributed by atoms with Crippen molar-refractivity contribution in [3.8, 4) is 0 Å². The highest BCUT2D eigenvalue weighted by atomic mass is 79.9. The van der Waals surface area contributed by atoms with Crippen molar-refractivity contribution in [3.05, 3.63) is 35.9 Å². The zero-order valence-corrected chi connectivity index (χ0v) is 12.0. The molecule has 1 aliphatic rings. The van der Waals surface area contributed by atoms with E-state index < -0.39 is 0 Å². The van der Waals surface area contributed by atoms with Gasteiger partial charge in [-0.3, -0.25) is 0 Å². The van der Waals surface area contributed by atoms with Gasteiger partial charge in [-0.2, -0.15) is 0 Å². The molecule has 94 valence electrons. The normalized spacial score (nSPS) is 26.0. The van der Waals surface area contributed by atoms with Crippen LogP contribution in [0.5, 0.6) is 0 Å². The van der Waals surface area contributed by atoms with E-state index in [0.29, 0.717) is 18.1 Å². The second kappa shape index (κ2) is 6.55. The number of hydrogen-bond donors (Lipinski definition) is 0. The Kier molecular flexibility index (Phi) is 5.05. The predicted molar refractivity (Wildman–Crippen MR) is 75.6 cm³/mol. The second-order valence-corrected chi connectivity index (χ2v) is 5.74. The molecule has 1 fully saturated rings. The topological polar surface area (TPSA) is 9.23 Å². The van der Waals surface area contributed by atoms with Crippen molar-refractivity contribution in [2.75, 3.05) is 5.33 Å². The van der Waals surface area contributed by atoms with Gasteiger partial charge in [-0.15, -0.1) is 0 Å². The highest BCUT2D eigenvalue weighted by Crippen LogP contribution is 2.27. The summed E-state index contributed by atoms with van der Waals surface area (Å²) in [5.74, 6) is 0.688. The van der Waals surface area contributed by atoms with Gasteiger partial charge < -0.3 is 4.74 Å². The van der Waals surface area contributed by atoms with E-state index in [4.69, 9.17) is 4.74 Å². The molecule has 0 saturated carbocycles. The van der Waals surface area contributed by atoms with E-state index in [1.54, 1.807) is 0 Å². The largest absolute Gasteiger partial charge is 0.375 e. The fourth-order valence-electron chi connectivity index (χ4n) is 2.58. The average molecular weight is 297 g/mol. The minimum absolute atomic E-state index is 0.465. The van der Waals surface area contributed by atoms with Crippen LogP contribution in [0.25, 0.3) is 0 Å². The van der Waals surface area contributed by atoms with Gasteiger partial charge in [0.05, 0.1) is 12.2 Å². The van der Waals surface area contributed by atoms with Crippen molar-refractivity contribution in [1.29, 1.82) is 0 Å². The molecule has 0 amide bonds. The molecule has 3 atom stereocenters. The summed E-state index contributed by atoms with van der Waals surface area (Å²) in [4.78, 5) is 0. The molecular formula is C15H21BrO. The fourth-order valence-corrected chi connectivity index (χ4v) is 3.07. The summed E-state index contributed by atoms with van der Waals surface area (Å²) in [5, 5.41) is 1.07. The Morgan fingerprint density at radius 1 is 1.29 bits per heavy atom. The summed E-state index contributed by atoms with van der Waals surface area (Å²) in [7, 11) is 0. The van der Waals surface area contributed by atoms with E-state index >= 15 is 0 Å². The fraction of sp³-hybridized carbons (Fsp3) is 0.600. The van der Waals surface area contributed by atoms with Gasteiger partial charge in [-0.1, -0.05) is 46.3 Å². The van der Waals surface area contributed by atoms with Gasteiger partial charge >= 0.3 is 0 Å². The van der Waals surface area contributed by atoms with Gasteiger partial charge in [-0.25, -0.2) is 0 Å². The van der Waals surface area contributed by atoms with E-state index in [0.717, 1.165) is 11.8 Å². The molecular weight excluding hydrogens is 276 g/mol. The summed E-state index contributed by atoms with van der Waals surface area (Å²) >= 11 is 3.64. The number of ether oxygens (including phenoxy) is 1. The lowest BCUT2D eigenvalue weighted by Gasteiger charge is -2.19. The second-order valence-electron chi connectivity index (χ2n) is 5.09. The molecule has 1 aromatic rings. The standard InChI is InChI=1S/C15H21BrO/c1-12-7-8-15(17-12)10-14(11-16)9-13-5-3-2-4-6-13/h2-6,12,14-15H,7-11H2,1H3. The molecule has 0 aliphatic carbocycles. The highest BCUT2D eigenvalue weighted by Gasteiger charge is 2.24. The van der Waals surface area contributed by atoms with Gasteiger partial charge in [0, 0.05) is 5.33 Å². The van der Waals surface area contributed by atoms with Gasteiger partial charge in [0.1, 0.15) is 0 Å². The first-order chi connectivity index (χ1) is 8.28. The number of benzene rings is 1. The number of alkyl halides is 1. The van der Waals surface area contributed by atoms with E-state index in [1.807, 2.05) is 0 Å². The van der Waals surface area contributed by atoms with Crippen molar-refractivity contribution < 1.29 is 4.74 Å². The zero-order chi connectivity index (χ0) is 12.1. The average Bonchev–Trinajstić information content (AvgIpc) is 2.75. The Bertz CT molecular complexity index is 325. The minimum Gasteiger partial charge on any atom is -0.375 e. The maximum Gasteiger partial charge on any atom is 0.0582 e. The van der Waals surface area contributed by atoms with Crippen LogP contribution in [0.2, 0.25) is 0 Å². The maximum atomic E-state index is 5.91. The molecule has 1 saturated heterocycles. The smallest absolute Gasteiger partial charge is 0.0582 e. The van der Waals surface area contributed by atoms with Crippen LogP contribution >= 0.6 is 15.9 Å². The first kappa shape index (κ1) is 13.1. The van der Waals surface area contributed by atoms with Crippen LogP contribution < -0.4 is 0 Å². The van der Waals surface area contributed by atoms with Crippen LogP contribution in [0, 0.1) is 5.92 Å². The SMILES string of the molecule is CC1CCC(CC(CBr)Cc2ccccc2)O1. The Morgan fingerprint density at radius 2 is 2.06 bits per heavy atom. The van der Waals surface area contributed by atoms with Crippen molar-refractivity contribution in [1.82, 2.24) is 0 Å². The first-order valence-electron chi connectivity index (χ1n) is 6.53. The van der Waals surface area contributed by atoms with E-state index in [-0.39, 0.29) is 0 Å². The molecule has 3 unspecified atom stereocenters. The summed E-state index contributed by atoms with van der Waals surface area (Å²) in [6, 6.07) is 10.7. The zero-order valence-electron chi connectivity index (χ0n) is 10.4. The third kappa shape index (κ3) is 4.11. The van der Waals surface area contributed by atoms with E-state index in [1.165, 1.54) is 24.8 Å². The molecule has 17 heavy (non-hydrogen) atoms. The Morgan fingerprint density at radius 3 is 2.65 bits per heavy atom. The van der Waals surface area contributed by atoms with Crippen molar-refractivity contribution in [3.63, 3.8) is 0 Å². The maximum absolute atomic E-state index is 5.91. The van der Waals surface area contributed by atoms with Crippen LogP contribution in [0.1, 0.15) is 31.7 Å². The molecule has 2 rings (SSSR count). The molecule has 2 heteroatoms. The molecule has 1 heterocycles. The summed E-state index contributed by atoms with van der Waals surface area (Å²) < 4.78 is 5.91. The molecule has 1 nitrogen and oxygen atoms in total. The highest BCUT2D eigenvalue weighted by molar-refractivity contribution is 9.09. The minimum atomic E-state index is 0.465. The van der Waals surface area contributed by atoms with Crippen molar-refractivity contribution in [2.24, 2.45) is 5.92 Å². The third-order valence-corrected chi connectivity index (χ3v) is 4.42. The number of rotatable bonds is 5. The number of hydrogen-bond acceptors (Lipinski definition) is 1. The molecule has 0 radical (unpaired) electrons.